The number of nitrogens with one attached hydrogen (secondary N) is 1. The highest BCUT2D eigenvalue weighted by molar-refractivity contribution is 5.80. The van der Waals surface area contributed by atoms with Crippen LogP contribution in [-0.4, -0.2) is 24.5 Å². The fourth-order valence-corrected chi connectivity index (χ4v) is 0.423. The highest BCUT2D eigenvalue weighted by atomic mass is 16.2. The van der Waals surface area contributed by atoms with E-state index in [0.717, 1.165) is 0 Å². The molecule has 1 amide bonds. The van der Waals surface area contributed by atoms with Crippen molar-refractivity contribution in [3.63, 3.8) is 0 Å². The summed E-state index contributed by atoms with van der Waals surface area (Å²) in [6, 6.07) is -0.457. The second-order valence-electron chi connectivity index (χ2n) is 2.51. The van der Waals surface area contributed by atoms with E-state index in [2.05, 4.69) is 5.32 Å². The van der Waals surface area contributed by atoms with Gasteiger partial charge < -0.3 is 16.8 Å². The fraction of sp³-hybridized carbons (Fsp3) is 0.833. The van der Waals surface area contributed by atoms with Gasteiger partial charge in [-0.3, -0.25) is 4.79 Å². The van der Waals surface area contributed by atoms with Crippen molar-refractivity contribution in [3.8, 4) is 0 Å². The normalized spacial score (nSPS) is 16.0. The number of carbonyl (C=O) groups is 1. The molecule has 0 aromatic carbocycles. The van der Waals surface area contributed by atoms with Crippen LogP contribution < -0.4 is 16.8 Å². The first kappa shape index (κ1) is 9.39. The van der Waals surface area contributed by atoms with Gasteiger partial charge in [-0.25, -0.2) is 0 Å². The van der Waals surface area contributed by atoms with Crippen molar-refractivity contribution in [2.75, 3.05) is 6.54 Å². The molecule has 0 saturated heterocycles. The van der Waals surface area contributed by atoms with Gasteiger partial charge in [0.15, 0.2) is 0 Å². The number of carbonyl (C=O) groups excluding carboxylic acids is 1. The van der Waals surface area contributed by atoms with Gasteiger partial charge in [0, 0.05) is 12.6 Å². The van der Waals surface area contributed by atoms with Crippen LogP contribution in [0.15, 0.2) is 0 Å². The Balaban J connectivity index is 3.40. The standard InChI is InChI=1S/C6H15N3O/c1-4(7)3-9-6(10)5(2)8/h4-5H,3,7-8H2,1-2H3,(H,9,10). The Bertz CT molecular complexity index is 112. The zero-order chi connectivity index (χ0) is 8.15. The molecular formula is C6H15N3O. The van der Waals surface area contributed by atoms with Gasteiger partial charge in [0.2, 0.25) is 5.91 Å². The van der Waals surface area contributed by atoms with Crippen LogP contribution >= 0.6 is 0 Å². The summed E-state index contributed by atoms with van der Waals surface area (Å²) in [5, 5.41) is 2.59. The minimum Gasteiger partial charge on any atom is -0.353 e. The highest BCUT2D eigenvalue weighted by Crippen LogP contribution is 1.75. The van der Waals surface area contributed by atoms with Crippen molar-refractivity contribution < 1.29 is 4.79 Å². The molecule has 0 rings (SSSR count). The SMILES string of the molecule is CC(N)CNC(=O)C(C)N. The van der Waals surface area contributed by atoms with Crippen LogP contribution in [-0.2, 0) is 4.79 Å². The van der Waals surface area contributed by atoms with E-state index in [1.165, 1.54) is 0 Å². The molecule has 10 heavy (non-hydrogen) atoms. The third-order valence-electron chi connectivity index (χ3n) is 1.01. The van der Waals surface area contributed by atoms with Crippen LogP contribution in [0.25, 0.3) is 0 Å². The monoisotopic (exact) mass is 145 g/mol. The summed E-state index contributed by atoms with van der Waals surface area (Å²) in [5.74, 6) is -0.155. The number of nitrogens with two attached hydrogens (primary N) is 2. The third-order valence-corrected chi connectivity index (χ3v) is 1.01. The molecule has 2 atom stereocenters. The lowest BCUT2D eigenvalue weighted by molar-refractivity contribution is -0.122. The molecule has 0 aliphatic heterocycles. The second kappa shape index (κ2) is 4.24. The van der Waals surface area contributed by atoms with Crippen LogP contribution in [0.4, 0.5) is 0 Å². The summed E-state index contributed by atoms with van der Waals surface area (Å²) >= 11 is 0. The Morgan fingerprint density at radius 2 is 2.00 bits per heavy atom. The van der Waals surface area contributed by atoms with E-state index in [-0.39, 0.29) is 11.9 Å². The van der Waals surface area contributed by atoms with Gasteiger partial charge in [-0.1, -0.05) is 0 Å². The van der Waals surface area contributed by atoms with E-state index < -0.39 is 6.04 Å². The van der Waals surface area contributed by atoms with Gasteiger partial charge in [-0.05, 0) is 13.8 Å². The van der Waals surface area contributed by atoms with E-state index in [1.54, 1.807) is 6.92 Å². The minimum atomic E-state index is -0.446. The van der Waals surface area contributed by atoms with E-state index in [1.807, 2.05) is 6.92 Å². The smallest absolute Gasteiger partial charge is 0.236 e. The van der Waals surface area contributed by atoms with Gasteiger partial charge >= 0.3 is 0 Å². The lowest BCUT2D eigenvalue weighted by Crippen LogP contribution is -2.43. The van der Waals surface area contributed by atoms with Crippen molar-refractivity contribution in [1.29, 1.82) is 0 Å². The van der Waals surface area contributed by atoms with Crippen LogP contribution in [0.2, 0.25) is 0 Å². The minimum absolute atomic E-state index is 0.0114. The maximum absolute atomic E-state index is 10.8. The van der Waals surface area contributed by atoms with Crippen molar-refractivity contribution in [3.05, 3.63) is 0 Å². The summed E-state index contributed by atoms with van der Waals surface area (Å²) < 4.78 is 0. The van der Waals surface area contributed by atoms with E-state index in [9.17, 15) is 4.79 Å². The van der Waals surface area contributed by atoms with Crippen molar-refractivity contribution >= 4 is 5.91 Å². The Hall–Kier alpha value is -0.610. The molecule has 5 N–H and O–H groups in total. The highest BCUT2D eigenvalue weighted by Gasteiger charge is 2.05. The summed E-state index contributed by atoms with van der Waals surface area (Å²) in [6.45, 7) is 3.94. The summed E-state index contributed by atoms with van der Waals surface area (Å²) in [4.78, 5) is 10.8. The lowest BCUT2D eigenvalue weighted by atomic mass is 10.3. The quantitative estimate of drug-likeness (QED) is 0.466. The van der Waals surface area contributed by atoms with E-state index >= 15 is 0 Å². The number of amides is 1. The Labute approximate surface area is 61.0 Å². The first-order valence-corrected chi connectivity index (χ1v) is 3.33. The molecule has 0 radical (unpaired) electrons. The van der Waals surface area contributed by atoms with E-state index in [4.69, 9.17) is 11.5 Å². The molecule has 0 bridgehead atoms. The molecular weight excluding hydrogens is 130 g/mol. The van der Waals surface area contributed by atoms with Gasteiger partial charge in [0.1, 0.15) is 0 Å². The van der Waals surface area contributed by atoms with Crippen molar-refractivity contribution in [2.45, 2.75) is 25.9 Å². The largest absolute Gasteiger partial charge is 0.353 e. The number of rotatable bonds is 3. The summed E-state index contributed by atoms with van der Waals surface area (Å²) in [7, 11) is 0. The fourth-order valence-electron chi connectivity index (χ4n) is 0.423. The van der Waals surface area contributed by atoms with Gasteiger partial charge in [-0.15, -0.1) is 0 Å². The molecule has 0 fully saturated rings. The van der Waals surface area contributed by atoms with Gasteiger partial charge in [0.05, 0.1) is 6.04 Å². The van der Waals surface area contributed by atoms with Crippen molar-refractivity contribution in [1.82, 2.24) is 5.32 Å². The van der Waals surface area contributed by atoms with Crippen LogP contribution in [0, 0.1) is 0 Å². The molecule has 4 nitrogen and oxygen atoms in total. The molecule has 0 aromatic rings. The molecule has 0 aromatic heterocycles. The predicted molar refractivity (Wildman–Crippen MR) is 40.3 cm³/mol. The van der Waals surface area contributed by atoms with Crippen LogP contribution in [0.1, 0.15) is 13.8 Å². The Morgan fingerprint density at radius 3 is 2.30 bits per heavy atom. The summed E-state index contributed by atoms with van der Waals surface area (Å²) in [5.41, 5.74) is 10.7. The topological polar surface area (TPSA) is 81.1 Å². The number of hydrogen-bond donors (Lipinski definition) is 3. The summed E-state index contributed by atoms with van der Waals surface area (Å²) in [6.07, 6.45) is 0. The van der Waals surface area contributed by atoms with Crippen molar-refractivity contribution in [2.24, 2.45) is 11.5 Å². The zero-order valence-corrected chi connectivity index (χ0v) is 6.42. The Kier molecular flexibility index (Phi) is 3.99. The van der Waals surface area contributed by atoms with Gasteiger partial charge in [0.25, 0.3) is 0 Å². The van der Waals surface area contributed by atoms with Crippen LogP contribution in [0.5, 0.6) is 0 Å². The molecule has 0 aliphatic rings. The average Bonchev–Trinajstić information content (AvgIpc) is 1.82. The second-order valence-corrected chi connectivity index (χ2v) is 2.51. The third kappa shape index (κ3) is 4.29. The predicted octanol–water partition coefficient (Wildman–Crippen LogP) is -1.20. The lowest BCUT2D eigenvalue weighted by Gasteiger charge is -2.08. The molecule has 0 aliphatic carbocycles. The first-order valence-electron chi connectivity index (χ1n) is 3.33. The molecule has 2 unspecified atom stereocenters. The maximum Gasteiger partial charge on any atom is 0.236 e. The Morgan fingerprint density at radius 1 is 1.50 bits per heavy atom. The van der Waals surface area contributed by atoms with Crippen LogP contribution in [0.3, 0.4) is 0 Å². The zero-order valence-electron chi connectivity index (χ0n) is 6.42. The number of hydrogen-bond acceptors (Lipinski definition) is 3. The molecule has 0 saturated carbocycles. The molecule has 60 valence electrons. The molecule has 0 heterocycles. The first-order chi connectivity index (χ1) is 4.54. The molecule has 4 heteroatoms. The molecule has 0 spiro atoms. The van der Waals surface area contributed by atoms with Gasteiger partial charge in [-0.2, -0.15) is 0 Å². The average molecular weight is 145 g/mol. The maximum atomic E-state index is 10.8. The van der Waals surface area contributed by atoms with E-state index in [0.29, 0.717) is 6.54 Å².